The highest BCUT2D eigenvalue weighted by Gasteiger charge is 2.47. The third kappa shape index (κ3) is 9.35. The van der Waals surface area contributed by atoms with E-state index in [4.69, 9.17) is 24.4 Å². The van der Waals surface area contributed by atoms with Gasteiger partial charge in [-0.15, -0.1) is 0 Å². The summed E-state index contributed by atoms with van der Waals surface area (Å²) in [6, 6.07) is 125. The third-order valence-corrected chi connectivity index (χ3v) is 30.4. The van der Waals surface area contributed by atoms with E-state index in [-0.39, 0.29) is 0 Å². The van der Waals surface area contributed by atoms with Crippen molar-refractivity contribution in [1.82, 2.24) is 24.5 Å². The smallest absolute Gasteiger partial charge is 0.164 e. The van der Waals surface area contributed by atoms with Crippen molar-refractivity contribution in [3.8, 4) is 95.5 Å². The first kappa shape index (κ1) is 62.6. The fraction of sp³-hybridized carbons (Fsp3) is 0.0505. The Morgan fingerprint density at radius 2 is 0.776 bits per heavy atom. The van der Waals surface area contributed by atoms with Gasteiger partial charge in [0.1, 0.15) is 27.3 Å². The quantitative estimate of drug-likeness (QED) is 0.142. The van der Waals surface area contributed by atoms with E-state index in [2.05, 4.69) is 377 Å². The zero-order valence-electron chi connectivity index (χ0n) is 59.6. The minimum Gasteiger partial charge on any atom is -0.455 e. The van der Waals surface area contributed by atoms with Gasteiger partial charge in [0.15, 0.2) is 11.6 Å². The number of furan rings is 1. The summed E-state index contributed by atoms with van der Waals surface area (Å²) in [6.45, 7) is 9.87. The van der Waals surface area contributed by atoms with Gasteiger partial charge in [-0.3, -0.25) is 0 Å². The highest BCUT2D eigenvalue weighted by atomic mass is 28.3. The van der Waals surface area contributed by atoms with Crippen LogP contribution in [0.5, 0.6) is 0 Å². The van der Waals surface area contributed by atoms with Gasteiger partial charge in [-0.25, -0.2) is 19.9 Å². The second kappa shape index (κ2) is 24.0. The number of benzene rings is 15. The molecule has 0 saturated carbocycles. The molecule has 6 nitrogen and oxygen atoms in total. The van der Waals surface area contributed by atoms with Crippen molar-refractivity contribution in [3.63, 3.8) is 0 Å². The number of hydrogen-bond acceptors (Lipinski definition) is 5. The molecule has 0 bridgehead atoms. The lowest BCUT2D eigenvalue weighted by Gasteiger charge is -2.33. The van der Waals surface area contributed by atoms with Crippen LogP contribution in [0.3, 0.4) is 0 Å². The van der Waals surface area contributed by atoms with E-state index < -0.39 is 21.6 Å². The molecular weight excluding hydrogens is 1330 g/mol. The molecule has 8 heteroatoms. The summed E-state index contributed by atoms with van der Waals surface area (Å²) in [6.07, 6.45) is 0. The lowest BCUT2D eigenvalue weighted by molar-refractivity contribution is 0.670. The maximum absolute atomic E-state index is 6.83. The van der Waals surface area contributed by atoms with Gasteiger partial charge in [-0.1, -0.05) is 311 Å². The molecule has 3 aliphatic rings. The first-order valence-corrected chi connectivity index (χ1v) is 43.0. The van der Waals surface area contributed by atoms with Gasteiger partial charge in [0.25, 0.3) is 0 Å². The molecule has 0 unspecified atom stereocenters. The summed E-state index contributed by atoms with van der Waals surface area (Å²) >= 11 is 0. The number of rotatable bonds is 8. The van der Waals surface area contributed by atoms with Crippen molar-refractivity contribution < 1.29 is 4.42 Å². The van der Waals surface area contributed by atoms with Crippen LogP contribution in [0, 0.1) is 0 Å². The summed E-state index contributed by atoms with van der Waals surface area (Å²) in [5, 5.41) is 12.7. The van der Waals surface area contributed by atoms with Crippen molar-refractivity contribution in [1.29, 1.82) is 0 Å². The minimum atomic E-state index is -2.04. The molecule has 0 amide bonds. The van der Waals surface area contributed by atoms with Crippen molar-refractivity contribution >= 4 is 102 Å². The lowest BCUT2D eigenvalue weighted by Crippen LogP contribution is -2.49. The standard InChI is InChI=1S/C53H38N2Si.C46H31N3OSi/c1-56(2)48-28-15-13-26-42(48)43-30-32-47-49(51(43)56)50(35-17-6-3-7-18-35)55-52(54-47)38-20-16-19-36(33-38)37-29-31-46-44(34-37)41-25-12-14-27-45(41)53(46,39-21-8-4-9-22-39)40-23-10-5-11-24-40;1-51(2)39-23-12-10-18-30(39)31-24-25-35-42(45(31)51)43(28-14-5-3-6-15-28)48-46(47-35)34-21-13-20-33-41-38(50-44(33)34)27-26-37-40(41)32-19-9-11-22-36(32)49(37)29-16-7-4-8-17-29/h3-34H,1-2H3;3-27H,1-2H3. The number of aromatic nitrogens is 5. The van der Waals surface area contributed by atoms with Gasteiger partial charge in [0.2, 0.25) is 0 Å². The average Bonchev–Trinajstić information content (AvgIpc) is 1.57. The van der Waals surface area contributed by atoms with Crippen LogP contribution in [-0.2, 0) is 5.41 Å². The largest absolute Gasteiger partial charge is 0.455 e. The fourth-order valence-electron chi connectivity index (χ4n) is 18.7. The van der Waals surface area contributed by atoms with Gasteiger partial charge < -0.3 is 8.98 Å². The lowest BCUT2D eigenvalue weighted by atomic mass is 9.67. The van der Waals surface area contributed by atoms with Crippen LogP contribution < -0.4 is 20.7 Å². The molecule has 6 heterocycles. The Balaban J connectivity index is 0.000000138. The molecule has 0 N–H and O–H groups in total. The van der Waals surface area contributed by atoms with Gasteiger partial charge in [-0.05, 0) is 148 Å². The molecule has 1 aliphatic carbocycles. The van der Waals surface area contributed by atoms with E-state index >= 15 is 0 Å². The molecule has 4 aromatic heterocycles. The summed E-state index contributed by atoms with van der Waals surface area (Å²) < 4.78 is 9.19. The molecule has 0 saturated heterocycles. The first-order valence-electron chi connectivity index (χ1n) is 37.0. The van der Waals surface area contributed by atoms with E-state index in [9.17, 15) is 0 Å². The highest BCUT2D eigenvalue weighted by Crippen LogP contribution is 2.57. The summed E-state index contributed by atoms with van der Waals surface area (Å²) in [4.78, 5) is 21.7. The van der Waals surface area contributed by atoms with Gasteiger partial charge in [0, 0.05) is 54.7 Å². The van der Waals surface area contributed by atoms with Crippen molar-refractivity contribution in [3.05, 3.63) is 368 Å². The Morgan fingerprint density at radius 3 is 1.41 bits per heavy atom. The molecule has 0 atom stereocenters. The van der Waals surface area contributed by atoms with E-state index in [1.54, 1.807) is 0 Å². The van der Waals surface area contributed by atoms with E-state index in [1.165, 1.54) is 109 Å². The molecular formula is C99H69N5OSi2. The van der Waals surface area contributed by atoms with Crippen molar-refractivity contribution in [2.45, 2.75) is 31.6 Å². The van der Waals surface area contributed by atoms with Crippen molar-refractivity contribution in [2.75, 3.05) is 0 Å². The number of fused-ring (bicyclic) bond motifs is 20. The van der Waals surface area contributed by atoms with Crippen LogP contribution in [0.15, 0.2) is 350 Å². The Morgan fingerprint density at radius 1 is 0.299 bits per heavy atom. The van der Waals surface area contributed by atoms with Crippen molar-refractivity contribution in [2.24, 2.45) is 0 Å². The molecule has 22 rings (SSSR count). The summed E-state index contributed by atoms with van der Waals surface area (Å²) in [7, 11) is -4.07. The monoisotopic (exact) mass is 1400 g/mol. The fourth-order valence-corrected chi connectivity index (χ4v) is 25.6. The molecule has 0 spiro atoms. The van der Waals surface area contributed by atoms with Crippen LogP contribution in [0.4, 0.5) is 0 Å². The second-order valence-electron chi connectivity index (χ2n) is 29.8. The molecule has 15 aromatic carbocycles. The van der Waals surface area contributed by atoms with Crippen LogP contribution >= 0.6 is 0 Å². The molecule has 0 radical (unpaired) electrons. The summed E-state index contributed by atoms with van der Waals surface area (Å²) in [5.74, 6) is 1.41. The number of hydrogen-bond donors (Lipinski definition) is 0. The Bertz CT molecular complexity index is 6830. The Labute approximate surface area is 622 Å². The predicted molar refractivity (Wildman–Crippen MR) is 450 cm³/mol. The van der Waals surface area contributed by atoms with Gasteiger partial charge in [-0.2, -0.15) is 0 Å². The normalized spacial score (nSPS) is 13.8. The number of nitrogens with zero attached hydrogens (tertiary/aromatic N) is 5. The zero-order valence-corrected chi connectivity index (χ0v) is 61.6. The van der Waals surface area contributed by atoms with Gasteiger partial charge >= 0.3 is 0 Å². The van der Waals surface area contributed by atoms with E-state index in [0.717, 1.165) is 89.2 Å². The maximum atomic E-state index is 6.83. The average molecular weight is 1400 g/mol. The first-order chi connectivity index (χ1) is 52.6. The zero-order chi connectivity index (χ0) is 71.3. The van der Waals surface area contributed by atoms with Crippen LogP contribution in [0.2, 0.25) is 26.2 Å². The predicted octanol–water partition coefficient (Wildman–Crippen LogP) is 22.6. The molecule has 0 fully saturated rings. The molecule has 107 heavy (non-hydrogen) atoms. The molecule has 504 valence electrons. The second-order valence-corrected chi connectivity index (χ2v) is 38.4. The minimum absolute atomic E-state index is 0.416. The number of para-hydroxylation sites is 3. The topological polar surface area (TPSA) is 69.6 Å². The summed E-state index contributed by atoms with van der Waals surface area (Å²) in [5.41, 5.74) is 28.1. The third-order valence-electron chi connectivity index (χ3n) is 23.3. The highest BCUT2D eigenvalue weighted by molar-refractivity contribution is 7.06. The molecule has 19 aromatic rings. The Hall–Kier alpha value is -13.0. The van der Waals surface area contributed by atoms with Crippen LogP contribution in [-0.4, -0.2) is 40.7 Å². The SMILES string of the molecule is C[Si]1(C)c2ccccc2-c2ccc3nc(-c4cccc(-c5ccc6c(c5)-c5ccccc5C6(c5ccccc5)c5ccccc5)c4)nc(-c4ccccc4)c3c21.C[Si]1(C)c2ccccc2-c2ccc3nc(-c4cccc5c4oc4ccc6c(c7ccccc7n6-c6ccccc6)c45)nc(-c4ccccc4)c3c21. The Kier molecular flexibility index (Phi) is 14.1. The maximum Gasteiger partial charge on any atom is 0.164 e. The van der Waals surface area contributed by atoms with E-state index in [0.29, 0.717) is 5.82 Å². The van der Waals surface area contributed by atoms with E-state index in [1.807, 2.05) is 0 Å². The van der Waals surface area contributed by atoms with Gasteiger partial charge in [0.05, 0.1) is 44.4 Å². The van der Waals surface area contributed by atoms with Crippen LogP contribution in [0.1, 0.15) is 22.3 Å². The molecule has 2 aliphatic heterocycles. The van der Waals surface area contributed by atoms with Crippen LogP contribution in [0.25, 0.3) is 161 Å².